The molecule has 7 nitrogen and oxygen atoms in total. The van der Waals surface area contributed by atoms with E-state index in [1.807, 2.05) is 6.92 Å². The summed E-state index contributed by atoms with van der Waals surface area (Å²) in [6.45, 7) is 2.51. The molecule has 1 heterocycles. The summed E-state index contributed by atoms with van der Waals surface area (Å²) in [5.41, 5.74) is 1.05. The lowest BCUT2D eigenvalue weighted by Gasteiger charge is -2.22. The van der Waals surface area contributed by atoms with Crippen LogP contribution in [0.2, 0.25) is 0 Å². The average Bonchev–Trinajstić information content (AvgIpc) is 3.22. The van der Waals surface area contributed by atoms with Gasteiger partial charge in [-0.15, -0.1) is 0 Å². The third-order valence-electron chi connectivity index (χ3n) is 4.32. The van der Waals surface area contributed by atoms with Crippen molar-refractivity contribution < 1.29 is 17.7 Å². The first-order chi connectivity index (χ1) is 11.0. The minimum absolute atomic E-state index is 0.120. The first-order valence-electron chi connectivity index (χ1n) is 8.24. The Labute approximate surface area is 136 Å². The number of hydrogen-bond acceptors (Lipinski definition) is 5. The zero-order valence-corrected chi connectivity index (χ0v) is 14.1. The number of amides is 1. The highest BCUT2D eigenvalue weighted by Gasteiger charge is 2.31. The van der Waals surface area contributed by atoms with Crippen LogP contribution in [0.4, 0.5) is 0 Å². The number of aryl methyl sites for hydroxylation is 1. The first-order valence-corrected chi connectivity index (χ1v) is 9.89. The Morgan fingerprint density at radius 2 is 2.13 bits per heavy atom. The summed E-state index contributed by atoms with van der Waals surface area (Å²) in [6.07, 6.45) is 4.62. The maximum atomic E-state index is 12.2. The molecule has 1 unspecified atom stereocenters. The molecule has 0 saturated heterocycles. The number of fused-ring (bicyclic) bond motifs is 1. The predicted molar refractivity (Wildman–Crippen MR) is 84.6 cm³/mol. The molecular formula is C15H23N3O4S. The van der Waals surface area contributed by atoms with Crippen LogP contribution in [-0.4, -0.2) is 37.8 Å². The van der Waals surface area contributed by atoms with E-state index in [0.29, 0.717) is 49.6 Å². The molecule has 23 heavy (non-hydrogen) atoms. The largest absolute Gasteiger partial charge is 0.360 e. The second-order valence-corrected chi connectivity index (χ2v) is 8.34. The Bertz CT molecular complexity index is 679. The third-order valence-corrected chi connectivity index (χ3v) is 5.96. The van der Waals surface area contributed by atoms with E-state index in [-0.39, 0.29) is 17.7 Å². The number of sulfonamides is 1. The van der Waals surface area contributed by atoms with Gasteiger partial charge in [0.25, 0.3) is 5.91 Å². The smallest absolute Gasteiger partial charge is 0.273 e. The molecule has 1 amide bonds. The van der Waals surface area contributed by atoms with Crippen LogP contribution in [0.5, 0.6) is 0 Å². The van der Waals surface area contributed by atoms with Gasteiger partial charge in [-0.25, -0.2) is 13.1 Å². The van der Waals surface area contributed by atoms with Gasteiger partial charge in [0.05, 0.1) is 5.75 Å². The normalized spacial score (nSPS) is 21.0. The number of rotatable bonds is 7. The molecule has 1 aromatic heterocycles. The minimum atomic E-state index is -3.26. The fourth-order valence-electron chi connectivity index (χ4n) is 2.91. The van der Waals surface area contributed by atoms with Gasteiger partial charge in [-0.05, 0) is 38.0 Å². The fraction of sp³-hybridized carbons (Fsp3) is 0.733. The topological polar surface area (TPSA) is 101 Å². The number of aromatic nitrogens is 1. The van der Waals surface area contributed by atoms with Gasteiger partial charge in [-0.2, -0.15) is 0 Å². The quantitative estimate of drug-likeness (QED) is 0.770. The molecule has 128 valence electrons. The second-order valence-electron chi connectivity index (χ2n) is 6.46. The standard InChI is InChI=1S/C15H23N3O4S/c1-2-7-23(20,21)18-11-5-6-13-12(8-11)14(17-22-13)15(19)16-9-10-3-4-10/h10-11,18H,2-9H2,1H3,(H,16,19). The summed E-state index contributed by atoms with van der Waals surface area (Å²) in [4.78, 5) is 12.2. The molecule has 2 N–H and O–H groups in total. The van der Waals surface area contributed by atoms with Crippen LogP contribution in [-0.2, 0) is 22.9 Å². The highest BCUT2D eigenvalue weighted by molar-refractivity contribution is 7.89. The SMILES string of the molecule is CCCS(=O)(=O)NC1CCc2onc(C(=O)NCC3CC3)c2C1. The Morgan fingerprint density at radius 3 is 2.83 bits per heavy atom. The Morgan fingerprint density at radius 1 is 1.35 bits per heavy atom. The molecule has 0 aliphatic heterocycles. The number of nitrogens with zero attached hydrogens (tertiary/aromatic N) is 1. The summed E-state index contributed by atoms with van der Waals surface area (Å²) in [5.74, 6) is 1.19. The zero-order valence-electron chi connectivity index (χ0n) is 13.3. The number of carbonyl (C=O) groups is 1. The molecule has 3 rings (SSSR count). The summed E-state index contributed by atoms with van der Waals surface area (Å²) >= 11 is 0. The van der Waals surface area contributed by atoms with E-state index >= 15 is 0 Å². The van der Waals surface area contributed by atoms with Crippen molar-refractivity contribution in [3.8, 4) is 0 Å². The molecule has 1 saturated carbocycles. The molecule has 1 aromatic rings. The van der Waals surface area contributed by atoms with Gasteiger partial charge in [0.15, 0.2) is 5.69 Å². The van der Waals surface area contributed by atoms with Crippen LogP contribution >= 0.6 is 0 Å². The van der Waals surface area contributed by atoms with Crippen molar-refractivity contribution in [2.45, 2.75) is 51.5 Å². The number of hydrogen-bond donors (Lipinski definition) is 2. The van der Waals surface area contributed by atoms with Gasteiger partial charge in [0.1, 0.15) is 5.76 Å². The predicted octanol–water partition coefficient (Wildman–Crippen LogP) is 1.00. The molecule has 2 aliphatic rings. The van der Waals surface area contributed by atoms with E-state index in [9.17, 15) is 13.2 Å². The van der Waals surface area contributed by atoms with E-state index in [4.69, 9.17) is 4.52 Å². The van der Waals surface area contributed by atoms with E-state index in [2.05, 4.69) is 15.2 Å². The minimum Gasteiger partial charge on any atom is -0.360 e. The van der Waals surface area contributed by atoms with E-state index < -0.39 is 10.0 Å². The van der Waals surface area contributed by atoms with Crippen molar-refractivity contribution in [1.82, 2.24) is 15.2 Å². The van der Waals surface area contributed by atoms with Crippen LogP contribution in [0, 0.1) is 5.92 Å². The molecular weight excluding hydrogens is 318 g/mol. The van der Waals surface area contributed by atoms with Gasteiger partial charge >= 0.3 is 0 Å². The molecule has 8 heteroatoms. The summed E-state index contributed by atoms with van der Waals surface area (Å²) < 4.78 is 31.8. The first kappa shape index (κ1) is 16.4. The van der Waals surface area contributed by atoms with E-state index in [0.717, 1.165) is 5.56 Å². The van der Waals surface area contributed by atoms with Crippen LogP contribution in [0.25, 0.3) is 0 Å². The molecule has 1 atom stereocenters. The number of nitrogens with one attached hydrogen (secondary N) is 2. The van der Waals surface area contributed by atoms with Crippen molar-refractivity contribution in [3.63, 3.8) is 0 Å². The van der Waals surface area contributed by atoms with E-state index in [1.165, 1.54) is 12.8 Å². The lowest BCUT2D eigenvalue weighted by molar-refractivity contribution is 0.0942. The van der Waals surface area contributed by atoms with Crippen molar-refractivity contribution in [3.05, 3.63) is 17.0 Å². The van der Waals surface area contributed by atoms with Gasteiger partial charge in [0, 0.05) is 24.6 Å². The second kappa shape index (κ2) is 6.60. The fourth-order valence-corrected chi connectivity index (χ4v) is 4.27. The zero-order chi connectivity index (χ0) is 16.4. The maximum absolute atomic E-state index is 12.2. The van der Waals surface area contributed by atoms with Gasteiger partial charge in [-0.3, -0.25) is 4.79 Å². The molecule has 0 aromatic carbocycles. The molecule has 2 aliphatic carbocycles. The molecule has 0 bridgehead atoms. The Hall–Kier alpha value is -1.41. The lowest BCUT2D eigenvalue weighted by atomic mass is 9.92. The molecule has 0 radical (unpaired) electrons. The Balaban J connectivity index is 1.66. The van der Waals surface area contributed by atoms with Gasteiger partial charge in [-0.1, -0.05) is 12.1 Å². The van der Waals surface area contributed by atoms with Crippen LogP contribution in [0.3, 0.4) is 0 Å². The molecule has 0 spiro atoms. The summed E-state index contributed by atoms with van der Waals surface area (Å²) in [7, 11) is -3.26. The van der Waals surface area contributed by atoms with Crippen molar-refractivity contribution in [2.24, 2.45) is 5.92 Å². The maximum Gasteiger partial charge on any atom is 0.273 e. The van der Waals surface area contributed by atoms with Gasteiger partial charge < -0.3 is 9.84 Å². The lowest BCUT2D eigenvalue weighted by Crippen LogP contribution is -2.40. The van der Waals surface area contributed by atoms with Crippen molar-refractivity contribution in [2.75, 3.05) is 12.3 Å². The number of carbonyl (C=O) groups excluding carboxylic acids is 1. The van der Waals surface area contributed by atoms with E-state index in [1.54, 1.807) is 0 Å². The Kier molecular flexibility index (Phi) is 4.72. The molecule has 1 fully saturated rings. The summed E-state index contributed by atoms with van der Waals surface area (Å²) in [5, 5.41) is 6.78. The van der Waals surface area contributed by atoms with Crippen molar-refractivity contribution >= 4 is 15.9 Å². The van der Waals surface area contributed by atoms with Gasteiger partial charge in [0.2, 0.25) is 10.0 Å². The monoisotopic (exact) mass is 341 g/mol. The van der Waals surface area contributed by atoms with Crippen LogP contribution < -0.4 is 10.0 Å². The van der Waals surface area contributed by atoms with Crippen molar-refractivity contribution in [1.29, 1.82) is 0 Å². The summed E-state index contributed by atoms with van der Waals surface area (Å²) in [6, 6.07) is -0.201. The highest BCUT2D eigenvalue weighted by Crippen LogP contribution is 2.28. The van der Waals surface area contributed by atoms with Crippen LogP contribution in [0.1, 0.15) is 54.4 Å². The third kappa shape index (κ3) is 4.11. The van der Waals surface area contributed by atoms with Crippen LogP contribution in [0.15, 0.2) is 4.52 Å². The highest BCUT2D eigenvalue weighted by atomic mass is 32.2. The average molecular weight is 341 g/mol.